The summed E-state index contributed by atoms with van der Waals surface area (Å²) in [7, 11) is 0. The number of rotatable bonds is 7. The largest absolute Gasteiger partial charge is 0.391 e. The molecule has 70 valence electrons. The highest BCUT2D eigenvalue weighted by atomic mass is 16.3. The maximum Gasteiger partial charge on any atom is 0.103 e. The lowest BCUT2D eigenvalue weighted by Crippen LogP contribution is -2.49. The van der Waals surface area contributed by atoms with E-state index in [-0.39, 0.29) is 6.61 Å². The molecule has 2 nitrogen and oxygen atoms in total. The van der Waals surface area contributed by atoms with E-state index in [1.54, 1.807) is 0 Å². The van der Waals surface area contributed by atoms with Crippen LogP contribution in [0.4, 0.5) is 0 Å². The van der Waals surface area contributed by atoms with E-state index in [1.165, 1.54) is 0 Å². The van der Waals surface area contributed by atoms with Crippen molar-refractivity contribution in [3.63, 3.8) is 0 Å². The van der Waals surface area contributed by atoms with E-state index < -0.39 is 0 Å². The molecule has 1 N–H and O–H groups in total. The maximum absolute atomic E-state index is 8.90. The van der Waals surface area contributed by atoms with Gasteiger partial charge < -0.3 is 9.59 Å². The molecule has 0 aliphatic heterocycles. The lowest BCUT2D eigenvalue weighted by molar-refractivity contribution is -0.915. The van der Waals surface area contributed by atoms with Gasteiger partial charge in [-0.05, 0) is 19.1 Å². The molecule has 12 heavy (non-hydrogen) atoms. The van der Waals surface area contributed by atoms with Gasteiger partial charge in [-0.3, -0.25) is 0 Å². The van der Waals surface area contributed by atoms with Crippen molar-refractivity contribution in [3.8, 4) is 0 Å². The molecular weight excluding hydrogens is 150 g/mol. The maximum atomic E-state index is 8.90. The van der Waals surface area contributed by atoms with Crippen LogP contribution in [-0.4, -0.2) is 42.4 Å². The molecule has 0 unspecified atom stereocenters. The first-order valence-corrected chi connectivity index (χ1v) is 4.42. The predicted molar refractivity (Wildman–Crippen MR) is 52.9 cm³/mol. The second-order valence-electron chi connectivity index (χ2n) is 3.05. The summed E-state index contributed by atoms with van der Waals surface area (Å²) in [4.78, 5) is 0. The van der Waals surface area contributed by atoms with Crippen LogP contribution in [0.2, 0.25) is 0 Å². The first-order valence-electron chi connectivity index (χ1n) is 4.42. The van der Waals surface area contributed by atoms with E-state index >= 15 is 0 Å². The number of quaternary nitrogens is 1. The van der Waals surface area contributed by atoms with Gasteiger partial charge in [0.1, 0.15) is 6.54 Å². The quantitative estimate of drug-likeness (QED) is 0.449. The lowest BCUT2D eigenvalue weighted by Gasteiger charge is -2.35. The van der Waals surface area contributed by atoms with Crippen molar-refractivity contribution in [2.75, 3.05) is 32.8 Å². The van der Waals surface area contributed by atoms with Crippen LogP contribution in [0, 0.1) is 0 Å². The average molecular weight is 170 g/mol. The normalized spacial score (nSPS) is 11.2. The van der Waals surface area contributed by atoms with Gasteiger partial charge >= 0.3 is 0 Å². The van der Waals surface area contributed by atoms with Gasteiger partial charge in [-0.15, -0.1) is 0 Å². The molecule has 0 aromatic carbocycles. The van der Waals surface area contributed by atoms with Crippen LogP contribution in [0.5, 0.6) is 0 Å². The average Bonchev–Trinajstić information content (AvgIpc) is 2.06. The van der Waals surface area contributed by atoms with Crippen LogP contribution < -0.4 is 0 Å². The number of likely N-dealkylation sites (N-methyl/N-ethyl adjacent to an activating group) is 1. The van der Waals surface area contributed by atoms with Crippen LogP contribution in [0.25, 0.3) is 0 Å². The van der Waals surface area contributed by atoms with Crippen molar-refractivity contribution in [1.82, 2.24) is 0 Å². The van der Waals surface area contributed by atoms with E-state index in [0.29, 0.717) is 0 Å². The van der Waals surface area contributed by atoms with Gasteiger partial charge in [-0.25, -0.2) is 0 Å². The molecule has 0 aliphatic rings. The molecule has 0 saturated carbocycles. The van der Waals surface area contributed by atoms with E-state index in [2.05, 4.69) is 20.1 Å². The Bertz CT molecular complexity index is 133. The van der Waals surface area contributed by atoms with Crippen LogP contribution in [0.1, 0.15) is 6.92 Å². The molecule has 0 fully saturated rings. The molecule has 0 amide bonds. The smallest absolute Gasteiger partial charge is 0.103 e. The third-order valence-electron chi connectivity index (χ3n) is 2.28. The Labute approximate surface area is 75.4 Å². The molecular formula is C10H20NO+. The van der Waals surface area contributed by atoms with Crippen molar-refractivity contribution in [2.45, 2.75) is 6.92 Å². The van der Waals surface area contributed by atoms with Gasteiger partial charge in [-0.1, -0.05) is 13.2 Å². The Hall–Kier alpha value is -0.600. The zero-order chi connectivity index (χ0) is 9.45. The Morgan fingerprint density at radius 1 is 1.25 bits per heavy atom. The molecule has 0 aliphatic carbocycles. The minimum atomic E-state index is 0.232. The summed E-state index contributed by atoms with van der Waals surface area (Å²) in [6.07, 6.45) is 3.81. The molecule has 0 atom stereocenters. The Balaban J connectivity index is 4.25. The van der Waals surface area contributed by atoms with E-state index in [0.717, 1.165) is 30.7 Å². The summed E-state index contributed by atoms with van der Waals surface area (Å²) in [6, 6.07) is 0. The second-order valence-corrected chi connectivity index (χ2v) is 3.05. The van der Waals surface area contributed by atoms with E-state index in [9.17, 15) is 0 Å². The number of aliphatic hydroxyl groups is 1. The zero-order valence-corrected chi connectivity index (χ0v) is 8.00. The van der Waals surface area contributed by atoms with Crippen molar-refractivity contribution < 1.29 is 9.59 Å². The predicted octanol–water partition coefficient (Wildman–Crippen LogP) is 1.19. The van der Waals surface area contributed by atoms with Gasteiger partial charge in [0.25, 0.3) is 0 Å². The molecule has 0 spiro atoms. The number of nitrogens with zero attached hydrogens (tertiary/aromatic N) is 1. The fourth-order valence-corrected chi connectivity index (χ4v) is 1.43. The monoisotopic (exact) mass is 170 g/mol. The highest BCUT2D eigenvalue weighted by Gasteiger charge is 2.20. The van der Waals surface area contributed by atoms with Crippen LogP contribution in [0.15, 0.2) is 25.3 Å². The Morgan fingerprint density at radius 3 is 2.00 bits per heavy atom. The second kappa shape index (κ2) is 5.98. The van der Waals surface area contributed by atoms with Crippen LogP contribution >= 0.6 is 0 Å². The number of aliphatic hydroxyl groups excluding tert-OH is 1. The third kappa shape index (κ3) is 3.20. The summed E-state index contributed by atoms with van der Waals surface area (Å²) in [5, 5.41) is 8.90. The molecule has 0 bridgehead atoms. The molecule has 2 heteroatoms. The molecule has 0 radical (unpaired) electrons. The fourth-order valence-electron chi connectivity index (χ4n) is 1.43. The SMILES string of the molecule is C=CC[N+](CC)(CC=C)CCO. The van der Waals surface area contributed by atoms with Crippen molar-refractivity contribution in [2.24, 2.45) is 0 Å². The minimum absolute atomic E-state index is 0.232. The summed E-state index contributed by atoms with van der Waals surface area (Å²) in [6.45, 7) is 13.4. The standard InChI is InChI=1S/C10H20NO/c1-4-7-11(6-3,8-5-2)9-10-12/h4-5,12H,1-2,6-10H2,3H3/q+1. The van der Waals surface area contributed by atoms with Gasteiger partial charge in [0.05, 0.1) is 26.2 Å². The first kappa shape index (κ1) is 11.4. The topological polar surface area (TPSA) is 20.2 Å². The molecule has 0 aromatic heterocycles. The van der Waals surface area contributed by atoms with Crippen LogP contribution in [0.3, 0.4) is 0 Å². The Kier molecular flexibility index (Phi) is 5.68. The fraction of sp³-hybridized carbons (Fsp3) is 0.600. The first-order chi connectivity index (χ1) is 5.74. The van der Waals surface area contributed by atoms with Crippen LogP contribution in [-0.2, 0) is 0 Å². The van der Waals surface area contributed by atoms with E-state index in [1.807, 2.05) is 12.2 Å². The summed E-state index contributed by atoms with van der Waals surface area (Å²) < 4.78 is 0.865. The Morgan fingerprint density at radius 2 is 1.75 bits per heavy atom. The molecule has 0 heterocycles. The van der Waals surface area contributed by atoms with Gasteiger partial charge in [-0.2, -0.15) is 0 Å². The van der Waals surface area contributed by atoms with Crippen molar-refractivity contribution in [3.05, 3.63) is 25.3 Å². The van der Waals surface area contributed by atoms with Crippen molar-refractivity contribution in [1.29, 1.82) is 0 Å². The van der Waals surface area contributed by atoms with Gasteiger partial charge in [0.2, 0.25) is 0 Å². The van der Waals surface area contributed by atoms with Gasteiger partial charge in [0, 0.05) is 0 Å². The summed E-state index contributed by atoms with van der Waals surface area (Å²) in [5.74, 6) is 0. The minimum Gasteiger partial charge on any atom is -0.391 e. The third-order valence-corrected chi connectivity index (χ3v) is 2.28. The number of hydrogen-bond donors (Lipinski definition) is 1. The summed E-state index contributed by atoms with van der Waals surface area (Å²) >= 11 is 0. The zero-order valence-electron chi connectivity index (χ0n) is 8.00. The number of hydrogen-bond acceptors (Lipinski definition) is 1. The summed E-state index contributed by atoms with van der Waals surface area (Å²) in [5.41, 5.74) is 0. The molecule has 0 rings (SSSR count). The van der Waals surface area contributed by atoms with E-state index in [4.69, 9.17) is 5.11 Å². The lowest BCUT2D eigenvalue weighted by atomic mass is 10.3. The highest BCUT2D eigenvalue weighted by molar-refractivity contribution is 4.71. The van der Waals surface area contributed by atoms with Crippen molar-refractivity contribution >= 4 is 0 Å². The highest BCUT2D eigenvalue weighted by Crippen LogP contribution is 2.05. The van der Waals surface area contributed by atoms with Gasteiger partial charge in [0.15, 0.2) is 0 Å². The molecule has 0 aromatic rings. The molecule has 0 saturated heterocycles.